The fourth-order valence-corrected chi connectivity index (χ4v) is 3.65. The molecule has 0 heterocycles. The van der Waals surface area contributed by atoms with Crippen molar-refractivity contribution in [1.29, 1.82) is 0 Å². The number of aliphatic carboxylic acids is 3. The summed E-state index contributed by atoms with van der Waals surface area (Å²) >= 11 is 0. The lowest BCUT2D eigenvalue weighted by Crippen LogP contribution is -2.60. The molecular formula is C25H42N6O12. The Morgan fingerprint density at radius 3 is 1.58 bits per heavy atom. The van der Waals surface area contributed by atoms with Gasteiger partial charge in [0.15, 0.2) is 0 Å². The number of hydrogen-bond acceptors (Lipinski definition) is 10. The summed E-state index contributed by atoms with van der Waals surface area (Å²) in [6.07, 6.45) is -2.10. The molecule has 43 heavy (non-hydrogen) atoms. The molecule has 18 nitrogen and oxygen atoms in total. The van der Waals surface area contributed by atoms with Crippen LogP contribution in [0.3, 0.4) is 0 Å². The van der Waals surface area contributed by atoms with Crippen molar-refractivity contribution < 1.29 is 58.8 Å². The van der Waals surface area contributed by atoms with Gasteiger partial charge in [-0.15, -0.1) is 0 Å². The van der Waals surface area contributed by atoms with Gasteiger partial charge in [0.05, 0.1) is 19.6 Å². The monoisotopic (exact) mass is 618 g/mol. The van der Waals surface area contributed by atoms with E-state index < -0.39 is 116 Å². The minimum atomic E-state index is -1.82. The Morgan fingerprint density at radius 1 is 0.651 bits per heavy atom. The first kappa shape index (κ1) is 38.7. The molecule has 0 rings (SSSR count). The first-order valence-corrected chi connectivity index (χ1v) is 13.4. The van der Waals surface area contributed by atoms with Crippen LogP contribution >= 0.6 is 0 Å². The fraction of sp³-hybridized carbons (Fsp3) is 0.680. The molecule has 0 aromatic heterocycles. The molecule has 0 saturated heterocycles. The van der Waals surface area contributed by atoms with E-state index in [2.05, 4.69) is 26.6 Å². The number of nitrogens with two attached hydrogens (primary N) is 1. The standard InChI is InChI=1S/C25H42N6O12/c1-11(2)7-14(22(39)30-16(10-32)25(42)43)28-23(40)15(8-19(36)37)29-21(38)13(5-6-18(34)35)27-24(41)20(12(3)4)31-17(33)9-26/h11-16,20,32H,5-10,26H2,1-4H3,(H,27,41)(H,28,40)(H,29,38)(H,30,39)(H,31,33)(H,34,35)(H,36,37)(H,42,43)/t13-,14-,15-,16-,20-/m0/s1. The largest absolute Gasteiger partial charge is 0.481 e. The van der Waals surface area contributed by atoms with E-state index in [4.69, 9.17) is 15.9 Å². The molecule has 0 aromatic carbocycles. The number of aliphatic hydroxyl groups is 1. The molecule has 0 aliphatic rings. The highest BCUT2D eigenvalue weighted by Gasteiger charge is 2.34. The van der Waals surface area contributed by atoms with Gasteiger partial charge in [-0.05, 0) is 24.7 Å². The van der Waals surface area contributed by atoms with Gasteiger partial charge in [0, 0.05) is 6.42 Å². The smallest absolute Gasteiger partial charge is 0.328 e. The Bertz CT molecular complexity index is 1030. The average Bonchev–Trinajstić information content (AvgIpc) is 2.90. The van der Waals surface area contributed by atoms with Crippen LogP contribution in [-0.4, -0.2) is 111 Å². The summed E-state index contributed by atoms with van der Waals surface area (Å²) in [6, 6.07) is -7.65. The van der Waals surface area contributed by atoms with Gasteiger partial charge in [0.2, 0.25) is 29.5 Å². The van der Waals surface area contributed by atoms with E-state index in [0.717, 1.165) is 0 Å². The summed E-state index contributed by atoms with van der Waals surface area (Å²) in [4.78, 5) is 97.5. The van der Waals surface area contributed by atoms with Crippen LogP contribution in [-0.2, 0) is 38.4 Å². The SMILES string of the molecule is CC(C)C[C@H](NC(=O)[C@H](CC(=O)O)NC(=O)[C@H](CCC(=O)O)NC(=O)[C@@H](NC(=O)CN)C(C)C)C(=O)N[C@@H](CO)C(=O)O. The van der Waals surface area contributed by atoms with Crippen molar-refractivity contribution in [2.75, 3.05) is 13.2 Å². The molecule has 0 unspecified atom stereocenters. The number of aliphatic hydroxyl groups excluding tert-OH is 1. The number of rotatable bonds is 20. The van der Waals surface area contributed by atoms with Crippen LogP contribution < -0.4 is 32.3 Å². The summed E-state index contributed by atoms with van der Waals surface area (Å²) in [6.45, 7) is 5.16. The van der Waals surface area contributed by atoms with E-state index >= 15 is 0 Å². The van der Waals surface area contributed by atoms with Gasteiger partial charge in [-0.2, -0.15) is 0 Å². The second-order valence-corrected chi connectivity index (χ2v) is 10.4. The number of carboxylic acids is 3. The average molecular weight is 619 g/mol. The lowest BCUT2D eigenvalue weighted by atomic mass is 10.0. The van der Waals surface area contributed by atoms with Crippen molar-refractivity contribution >= 4 is 47.4 Å². The molecule has 5 atom stereocenters. The van der Waals surface area contributed by atoms with Crippen LogP contribution in [0.25, 0.3) is 0 Å². The minimum Gasteiger partial charge on any atom is -0.481 e. The van der Waals surface area contributed by atoms with Gasteiger partial charge in [-0.3, -0.25) is 33.6 Å². The molecule has 11 N–H and O–H groups in total. The minimum absolute atomic E-state index is 0.0362. The van der Waals surface area contributed by atoms with E-state index in [-0.39, 0.29) is 12.3 Å². The van der Waals surface area contributed by atoms with Crippen LogP contribution in [0.4, 0.5) is 0 Å². The Labute approximate surface area is 247 Å². The predicted molar refractivity (Wildman–Crippen MR) is 147 cm³/mol. The van der Waals surface area contributed by atoms with Gasteiger partial charge >= 0.3 is 17.9 Å². The van der Waals surface area contributed by atoms with Crippen molar-refractivity contribution in [2.45, 2.75) is 83.6 Å². The Kier molecular flexibility index (Phi) is 17.1. The molecule has 0 bridgehead atoms. The lowest BCUT2D eigenvalue weighted by molar-refractivity contribution is -0.144. The first-order valence-electron chi connectivity index (χ1n) is 13.4. The highest BCUT2D eigenvalue weighted by atomic mass is 16.4. The van der Waals surface area contributed by atoms with Crippen LogP contribution in [0.5, 0.6) is 0 Å². The van der Waals surface area contributed by atoms with Crippen LogP contribution in [0, 0.1) is 11.8 Å². The third kappa shape index (κ3) is 14.9. The molecule has 0 aliphatic carbocycles. The van der Waals surface area contributed by atoms with Gasteiger partial charge in [-0.1, -0.05) is 27.7 Å². The van der Waals surface area contributed by atoms with Gasteiger partial charge < -0.3 is 52.7 Å². The molecule has 0 spiro atoms. The maximum atomic E-state index is 13.1. The van der Waals surface area contributed by atoms with E-state index in [1.807, 2.05) is 0 Å². The maximum Gasteiger partial charge on any atom is 0.328 e. The molecule has 0 saturated carbocycles. The van der Waals surface area contributed by atoms with E-state index in [0.29, 0.717) is 0 Å². The second kappa shape index (κ2) is 19.0. The van der Waals surface area contributed by atoms with Crippen molar-refractivity contribution in [2.24, 2.45) is 17.6 Å². The molecule has 0 aromatic rings. The van der Waals surface area contributed by atoms with E-state index in [1.54, 1.807) is 27.7 Å². The van der Waals surface area contributed by atoms with E-state index in [1.165, 1.54) is 0 Å². The maximum absolute atomic E-state index is 13.1. The van der Waals surface area contributed by atoms with Crippen molar-refractivity contribution in [3.05, 3.63) is 0 Å². The molecule has 0 radical (unpaired) electrons. The summed E-state index contributed by atoms with van der Waals surface area (Å²) in [5, 5.41) is 47.9. The quantitative estimate of drug-likeness (QED) is 0.0634. The Morgan fingerprint density at radius 2 is 1.14 bits per heavy atom. The number of hydrogen-bond donors (Lipinski definition) is 10. The molecule has 0 fully saturated rings. The highest BCUT2D eigenvalue weighted by Crippen LogP contribution is 2.09. The molecular weight excluding hydrogens is 576 g/mol. The molecule has 0 aliphatic heterocycles. The van der Waals surface area contributed by atoms with Crippen LogP contribution in [0.15, 0.2) is 0 Å². The fourth-order valence-electron chi connectivity index (χ4n) is 3.65. The van der Waals surface area contributed by atoms with Crippen molar-refractivity contribution in [3.63, 3.8) is 0 Å². The van der Waals surface area contributed by atoms with Crippen molar-refractivity contribution in [3.8, 4) is 0 Å². The zero-order chi connectivity index (χ0) is 33.4. The summed E-state index contributed by atoms with van der Waals surface area (Å²) in [5.74, 6) is -9.93. The predicted octanol–water partition coefficient (Wildman–Crippen LogP) is -3.51. The lowest BCUT2D eigenvalue weighted by Gasteiger charge is -2.27. The third-order valence-electron chi connectivity index (χ3n) is 5.88. The number of carbonyl (C=O) groups is 8. The molecule has 244 valence electrons. The second-order valence-electron chi connectivity index (χ2n) is 10.4. The van der Waals surface area contributed by atoms with Gasteiger partial charge in [0.25, 0.3) is 0 Å². The highest BCUT2D eigenvalue weighted by molar-refractivity contribution is 5.97. The zero-order valence-corrected chi connectivity index (χ0v) is 24.4. The van der Waals surface area contributed by atoms with Gasteiger partial charge in [0.1, 0.15) is 30.2 Å². The number of nitrogens with one attached hydrogen (secondary N) is 5. The van der Waals surface area contributed by atoms with Crippen LogP contribution in [0.2, 0.25) is 0 Å². The zero-order valence-electron chi connectivity index (χ0n) is 24.4. The van der Waals surface area contributed by atoms with Crippen molar-refractivity contribution in [1.82, 2.24) is 26.6 Å². The Hall–Kier alpha value is -4.32. The summed E-state index contributed by atoms with van der Waals surface area (Å²) in [5.41, 5.74) is 5.28. The normalized spacial score (nSPS) is 14.4. The van der Waals surface area contributed by atoms with E-state index in [9.17, 15) is 48.6 Å². The Balaban J connectivity index is 6.05. The van der Waals surface area contributed by atoms with Crippen LogP contribution in [0.1, 0.15) is 53.4 Å². The third-order valence-corrected chi connectivity index (χ3v) is 5.88. The number of amides is 5. The van der Waals surface area contributed by atoms with Gasteiger partial charge in [-0.25, -0.2) is 4.79 Å². The summed E-state index contributed by atoms with van der Waals surface area (Å²) in [7, 11) is 0. The molecule has 18 heteroatoms. The summed E-state index contributed by atoms with van der Waals surface area (Å²) < 4.78 is 0. The number of carboxylic acid groups (broad SMARTS) is 3. The number of carbonyl (C=O) groups excluding carboxylic acids is 5. The molecule has 5 amide bonds. The first-order chi connectivity index (χ1) is 19.9. The topological polar surface area (TPSA) is 304 Å².